The molecule has 7 nitrogen and oxygen atoms in total. The fraction of sp³-hybridized carbons (Fsp3) is 0.364. The van der Waals surface area contributed by atoms with E-state index < -0.39 is 0 Å². The average Bonchev–Trinajstić information content (AvgIpc) is 2.76. The molecule has 0 bridgehead atoms. The molecule has 156 valence electrons. The lowest BCUT2D eigenvalue weighted by molar-refractivity contribution is 0.0963. The molecule has 0 aliphatic rings. The normalized spacial score (nSPS) is 11.0. The molecule has 7 heteroatoms. The van der Waals surface area contributed by atoms with Crippen molar-refractivity contribution in [3.8, 4) is 11.5 Å². The molecular weight excluding hydrogens is 368 g/mol. The molecule has 2 aromatic rings. The van der Waals surface area contributed by atoms with Crippen LogP contribution in [-0.2, 0) is 13.1 Å². The van der Waals surface area contributed by atoms with Gasteiger partial charge in [0.2, 0.25) is 0 Å². The number of aliphatic imine (C=N–C) groups is 1. The van der Waals surface area contributed by atoms with Crippen LogP contribution in [0.1, 0.15) is 28.4 Å². The summed E-state index contributed by atoms with van der Waals surface area (Å²) < 4.78 is 10.8. The summed E-state index contributed by atoms with van der Waals surface area (Å²) in [7, 11) is 6.89. The topological polar surface area (TPSA) is 75.2 Å². The van der Waals surface area contributed by atoms with Crippen molar-refractivity contribution in [3.63, 3.8) is 0 Å². The quantitative estimate of drug-likeness (QED) is 0.528. The van der Waals surface area contributed by atoms with E-state index in [1.165, 1.54) is 0 Å². The third kappa shape index (κ3) is 6.14. The highest BCUT2D eigenvalue weighted by Gasteiger charge is 2.11. The van der Waals surface area contributed by atoms with Crippen molar-refractivity contribution in [2.45, 2.75) is 20.0 Å². The minimum absolute atomic E-state index is 0.105. The number of carbonyl (C=O) groups is 1. The molecule has 29 heavy (non-hydrogen) atoms. The second kappa shape index (κ2) is 10.9. The number of amides is 1. The zero-order chi connectivity index (χ0) is 21.2. The number of carbonyl (C=O) groups excluding carboxylic acids is 1. The van der Waals surface area contributed by atoms with E-state index in [-0.39, 0.29) is 5.91 Å². The second-order valence-corrected chi connectivity index (χ2v) is 6.48. The molecular formula is C22H30N4O3. The molecule has 0 spiro atoms. The van der Waals surface area contributed by atoms with Gasteiger partial charge in [-0.05, 0) is 36.8 Å². The van der Waals surface area contributed by atoms with Gasteiger partial charge in [-0.1, -0.05) is 12.1 Å². The van der Waals surface area contributed by atoms with Crippen LogP contribution in [0.5, 0.6) is 11.5 Å². The summed E-state index contributed by atoms with van der Waals surface area (Å²) in [4.78, 5) is 18.6. The van der Waals surface area contributed by atoms with Gasteiger partial charge in [-0.15, -0.1) is 0 Å². The summed E-state index contributed by atoms with van der Waals surface area (Å²) in [5.41, 5.74) is 2.63. The van der Waals surface area contributed by atoms with Crippen LogP contribution in [-0.4, -0.2) is 51.6 Å². The Kier molecular flexibility index (Phi) is 8.33. The van der Waals surface area contributed by atoms with Crippen LogP contribution in [0, 0.1) is 0 Å². The van der Waals surface area contributed by atoms with Gasteiger partial charge in [-0.2, -0.15) is 0 Å². The Bertz CT molecular complexity index is 852. The predicted octanol–water partition coefficient (Wildman–Crippen LogP) is 2.66. The highest BCUT2D eigenvalue weighted by Crippen LogP contribution is 2.25. The molecule has 0 atom stereocenters. The third-order valence-electron chi connectivity index (χ3n) is 4.43. The van der Waals surface area contributed by atoms with Gasteiger partial charge in [0, 0.05) is 44.4 Å². The number of nitrogens with one attached hydrogen (secondary N) is 2. The van der Waals surface area contributed by atoms with E-state index in [1.54, 1.807) is 27.3 Å². The molecule has 1 amide bonds. The molecule has 2 aromatic carbocycles. The summed E-state index contributed by atoms with van der Waals surface area (Å²) in [6, 6.07) is 13.3. The van der Waals surface area contributed by atoms with Crippen LogP contribution in [0.2, 0.25) is 0 Å². The van der Waals surface area contributed by atoms with Crippen LogP contribution in [0.3, 0.4) is 0 Å². The second-order valence-electron chi connectivity index (χ2n) is 6.48. The fourth-order valence-electron chi connectivity index (χ4n) is 2.90. The molecule has 0 radical (unpaired) electrons. The molecule has 0 heterocycles. The van der Waals surface area contributed by atoms with E-state index in [0.717, 1.165) is 35.1 Å². The zero-order valence-corrected chi connectivity index (χ0v) is 17.8. The molecule has 0 saturated heterocycles. The molecule has 2 rings (SSSR count). The first-order valence-corrected chi connectivity index (χ1v) is 9.53. The van der Waals surface area contributed by atoms with E-state index >= 15 is 0 Å². The molecule has 0 aliphatic carbocycles. The maximum absolute atomic E-state index is 11.8. The van der Waals surface area contributed by atoms with Crippen LogP contribution in [0.15, 0.2) is 47.5 Å². The molecule has 0 saturated carbocycles. The molecule has 0 fully saturated rings. The maximum atomic E-state index is 11.8. The van der Waals surface area contributed by atoms with Crippen molar-refractivity contribution < 1.29 is 14.3 Å². The number of hydrogen-bond donors (Lipinski definition) is 2. The first-order valence-electron chi connectivity index (χ1n) is 9.53. The monoisotopic (exact) mass is 398 g/mol. The minimum atomic E-state index is -0.105. The number of ether oxygens (including phenoxy) is 2. The van der Waals surface area contributed by atoms with E-state index in [0.29, 0.717) is 18.7 Å². The third-order valence-corrected chi connectivity index (χ3v) is 4.43. The largest absolute Gasteiger partial charge is 0.497 e. The Balaban J connectivity index is 2.17. The lowest BCUT2D eigenvalue weighted by Gasteiger charge is -2.23. The van der Waals surface area contributed by atoms with Gasteiger partial charge in [-0.3, -0.25) is 4.79 Å². The number of methoxy groups -OCH3 is 2. The van der Waals surface area contributed by atoms with Gasteiger partial charge >= 0.3 is 0 Å². The molecule has 0 unspecified atom stereocenters. The molecule has 0 aromatic heterocycles. The summed E-state index contributed by atoms with van der Waals surface area (Å²) in [6.45, 7) is 3.87. The summed E-state index contributed by atoms with van der Waals surface area (Å²) in [6.07, 6.45) is 0. The van der Waals surface area contributed by atoms with Crippen molar-refractivity contribution in [1.82, 2.24) is 15.5 Å². The lowest BCUT2D eigenvalue weighted by atomic mass is 10.1. The van der Waals surface area contributed by atoms with Crippen molar-refractivity contribution in [1.29, 1.82) is 0 Å². The van der Waals surface area contributed by atoms with Gasteiger partial charge in [0.15, 0.2) is 5.96 Å². The van der Waals surface area contributed by atoms with Crippen molar-refractivity contribution in [2.75, 3.05) is 34.9 Å². The Hall–Kier alpha value is -3.22. The van der Waals surface area contributed by atoms with Crippen LogP contribution in [0.4, 0.5) is 0 Å². The summed E-state index contributed by atoms with van der Waals surface area (Å²) in [5, 5.41) is 5.95. The van der Waals surface area contributed by atoms with Gasteiger partial charge in [0.05, 0.1) is 20.8 Å². The average molecular weight is 399 g/mol. The summed E-state index contributed by atoms with van der Waals surface area (Å²) >= 11 is 0. The highest BCUT2D eigenvalue weighted by atomic mass is 16.5. The van der Waals surface area contributed by atoms with Crippen LogP contribution in [0.25, 0.3) is 0 Å². The number of nitrogens with zero attached hydrogens (tertiary/aromatic N) is 2. The number of benzene rings is 2. The minimum Gasteiger partial charge on any atom is -0.497 e. The number of rotatable bonds is 8. The first-order chi connectivity index (χ1) is 14.0. The summed E-state index contributed by atoms with van der Waals surface area (Å²) in [5.74, 6) is 2.19. The fourth-order valence-corrected chi connectivity index (χ4v) is 2.90. The van der Waals surface area contributed by atoms with E-state index in [2.05, 4.69) is 10.6 Å². The maximum Gasteiger partial charge on any atom is 0.251 e. The van der Waals surface area contributed by atoms with Gasteiger partial charge in [0.25, 0.3) is 5.91 Å². The van der Waals surface area contributed by atoms with Crippen LogP contribution >= 0.6 is 0 Å². The zero-order valence-electron chi connectivity index (χ0n) is 17.8. The van der Waals surface area contributed by atoms with Gasteiger partial charge in [-0.25, -0.2) is 4.99 Å². The smallest absolute Gasteiger partial charge is 0.251 e. The molecule has 2 N–H and O–H groups in total. The number of guanidine groups is 1. The lowest BCUT2D eigenvalue weighted by Crippen LogP contribution is -2.38. The highest BCUT2D eigenvalue weighted by molar-refractivity contribution is 5.94. The number of hydrogen-bond acceptors (Lipinski definition) is 4. The van der Waals surface area contributed by atoms with E-state index in [4.69, 9.17) is 14.5 Å². The van der Waals surface area contributed by atoms with Crippen molar-refractivity contribution in [3.05, 3.63) is 59.2 Å². The predicted molar refractivity (Wildman–Crippen MR) is 116 cm³/mol. The van der Waals surface area contributed by atoms with Gasteiger partial charge < -0.3 is 25.0 Å². The van der Waals surface area contributed by atoms with Crippen LogP contribution < -0.4 is 20.1 Å². The standard InChI is InChI=1S/C22H30N4O3/c1-6-24-22(25-14-16-8-7-9-17(12-16)21(27)23-2)26(3)15-18-10-11-19(28-4)13-20(18)29-5/h7-13H,6,14-15H2,1-5H3,(H,23,27)(H,24,25). The molecule has 0 aliphatic heterocycles. The Labute approximate surface area is 172 Å². The SMILES string of the molecule is CCNC(=NCc1cccc(C(=O)NC)c1)N(C)Cc1ccc(OC)cc1OC. The Morgan fingerprint density at radius 1 is 1.14 bits per heavy atom. The Morgan fingerprint density at radius 3 is 2.59 bits per heavy atom. The van der Waals surface area contributed by atoms with E-state index in [9.17, 15) is 4.79 Å². The van der Waals surface area contributed by atoms with E-state index in [1.807, 2.05) is 55.3 Å². The van der Waals surface area contributed by atoms with Gasteiger partial charge in [0.1, 0.15) is 11.5 Å². The Morgan fingerprint density at radius 2 is 1.93 bits per heavy atom. The van der Waals surface area contributed by atoms with Crippen molar-refractivity contribution in [2.24, 2.45) is 4.99 Å². The van der Waals surface area contributed by atoms with Crippen molar-refractivity contribution >= 4 is 11.9 Å². The first kappa shape index (κ1) is 22.1.